The van der Waals surface area contributed by atoms with Crippen LogP contribution in [0.3, 0.4) is 0 Å². The normalized spacial score (nSPS) is 12.3. The molecule has 1 aromatic carbocycles. The Morgan fingerprint density at radius 2 is 2.08 bits per heavy atom. The molecule has 0 aliphatic heterocycles. The van der Waals surface area contributed by atoms with Crippen LogP contribution in [0.25, 0.3) is 0 Å². The molecule has 0 aliphatic rings. The Kier molecular flexibility index (Phi) is 5.78. The molecular formula is C15H17F4N5. The Labute approximate surface area is 136 Å². The van der Waals surface area contributed by atoms with Gasteiger partial charge in [0.25, 0.3) is 0 Å². The smallest absolute Gasteiger partial charge is 0.355 e. The maximum Gasteiger partial charge on any atom is 0.416 e. The zero-order valence-electron chi connectivity index (χ0n) is 12.9. The molecule has 0 unspecified atom stereocenters. The number of alkyl halides is 3. The Hall–Kier alpha value is -2.58. The van der Waals surface area contributed by atoms with E-state index in [0.717, 1.165) is 12.1 Å². The molecule has 5 nitrogen and oxygen atoms in total. The summed E-state index contributed by atoms with van der Waals surface area (Å²) in [6.07, 6.45) is -1.16. The van der Waals surface area contributed by atoms with E-state index in [1.54, 1.807) is 23.1 Å². The van der Waals surface area contributed by atoms with Crippen LogP contribution >= 0.6 is 0 Å². The van der Waals surface area contributed by atoms with Gasteiger partial charge in [0.2, 0.25) is 0 Å². The summed E-state index contributed by atoms with van der Waals surface area (Å²) in [6.45, 7) is 0.950. The van der Waals surface area contributed by atoms with Gasteiger partial charge in [-0.1, -0.05) is 6.07 Å². The number of nitrogens with one attached hydrogen (secondary N) is 2. The first-order valence-corrected chi connectivity index (χ1v) is 7.17. The lowest BCUT2D eigenvalue weighted by molar-refractivity contribution is -0.138. The fourth-order valence-electron chi connectivity index (χ4n) is 2.09. The molecule has 0 aliphatic carbocycles. The number of hydrogen-bond acceptors (Lipinski definition) is 2. The highest BCUT2D eigenvalue weighted by molar-refractivity contribution is 5.79. The standard InChI is InChI=1S/C15H17F4N5/c1-20-14(21-6-8-24-7-2-5-23-24)22-10-11-3-4-12(16)9-13(11)15(17,18)19/h2-5,7,9H,6,8,10H2,1H3,(H2,20,21,22). The fourth-order valence-corrected chi connectivity index (χ4v) is 2.09. The Bertz CT molecular complexity index is 680. The monoisotopic (exact) mass is 343 g/mol. The first-order chi connectivity index (χ1) is 11.4. The molecule has 0 radical (unpaired) electrons. The topological polar surface area (TPSA) is 54.2 Å². The first kappa shape index (κ1) is 17.8. The van der Waals surface area contributed by atoms with Gasteiger partial charge < -0.3 is 10.6 Å². The maximum atomic E-state index is 13.1. The van der Waals surface area contributed by atoms with E-state index in [9.17, 15) is 17.6 Å². The van der Waals surface area contributed by atoms with Crippen LogP contribution < -0.4 is 10.6 Å². The number of halogens is 4. The summed E-state index contributed by atoms with van der Waals surface area (Å²) in [7, 11) is 1.51. The third-order valence-corrected chi connectivity index (χ3v) is 3.24. The summed E-state index contributed by atoms with van der Waals surface area (Å²) >= 11 is 0. The Morgan fingerprint density at radius 3 is 2.71 bits per heavy atom. The van der Waals surface area contributed by atoms with Crippen LogP contribution in [0.15, 0.2) is 41.7 Å². The van der Waals surface area contributed by atoms with Gasteiger partial charge in [0.15, 0.2) is 5.96 Å². The molecular weight excluding hydrogens is 326 g/mol. The molecule has 0 atom stereocenters. The van der Waals surface area contributed by atoms with Crippen LogP contribution in [0.1, 0.15) is 11.1 Å². The average Bonchev–Trinajstić information content (AvgIpc) is 3.04. The van der Waals surface area contributed by atoms with Crippen molar-refractivity contribution in [1.29, 1.82) is 0 Å². The van der Waals surface area contributed by atoms with Gasteiger partial charge in [-0.05, 0) is 23.8 Å². The zero-order valence-corrected chi connectivity index (χ0v) is 12.9. The predicted molar refractivity (Wildman–Crippen MR) is 81.8 cm³/mol. The fraction of sp³-hybridized carbons (Fsp3) is 0.333. The second kappa shape index (κ2) is 7.80. The molecule has 1 aromatic heterocycles. The highest BCUT2D eigenvalue weighted by atomic mass is 19.4. The van der Waals surface area contributed by atoms with Crippen molar-refractivity contribution >= 4 is 5.96 Å². The molecule has 2 rings (SSSR count). The molecule has 24 heavy (non-hydrogen) atoms. The number of nitrogens with zero attached hydrogens (tertiary/aromatic N) is 3. The molecule has 0 bridgehead atoms. The maximum absolute atomic E-state index is 13.1. The van der Waals surface area contributed by atoms with Crippen molar-refractivity contribution in [1.82, 2.24) is 20.4 Å². The van der Waals surface area contributed by atoms with E-state index in [0.29, 0.717) is 25.1 Å². The highest BCUT2D eigenvalue weighted by Gasteiger charge is 2.33. The summed E-state index contributed by atoms with van der Waals surface area (Å²) in [4.78, 5) is 3.94. The van der Waals surface area contributed by atoms with Crippen molar-refractivity contribution in [3.05, 3.63) is 53.6 Å². The minimum atomic E-state index is -4.61. The van der Waals surface area contributed by atoms with E-state index in [1.807, 2.05) is 0 Å². The number of benzene rings is 1. The molecule has 130 valence electrons. The van der Waals surface area contributed by atoms with Gasteiger partial charge in [0.1, 0.15) is 5.82 Å². The SMILES string of the molecule is CN=C(NCCn1cccn1)NCc1ccc(F)cc1C(F)(F)F. The minimum Gasteiger partial charge on any atom is -0.355 e. The molecule has 0 spiro atoms. The summed E-state index contributed by atoms with van der Waals surface area (Å²) in [5, 5.41) is 9.79. The van der Waals surface area contributed by atoms with Crippen LogP contribution in [0.4, 0.5) is 17.6 Å². The average molecular weight is 343 g/mol. The van der Waals surface area contributed by atoms with Crippen molar-refractivity contribution in [2.24, 2.45) is 4.99 Å². The van der Waals surface area contributed by atoms with E-state index in [4.69, 9.17) is 0 Å². The van der Waals surface area contributed by atoms with Gasteiger partial charge in [-0.25, -0.2) is 4.39 Å². The minimum absolute atomic E-state index is 0.0565. The lowest BCUT2D eigenvalue weighted by Crippen LogP contribution is -2.38. The van der Waals surface area contributed by atoms with E-state index in [-0.39, 0.29) is 12.1 Å². The number of aromatic nitrogens is 2. The highest BCUT2D eigenvalue weighted by Crippen LogP contribution is 2.32. The zero-order chi connectivity index (χ0) is 17.6. The quantitative estimate of drug-likeness (QED) is 0.498. The molecule has 0 amide bonds. The number of aliphatic imine (C=N–C) groups is 1. The van der Waals surface area contributed by atoms with E-state index in [2.05, 4.69) is 20.7 Å². The van der Waals surface area contributed by atoms with E-state index < -0.39 is 17.6 Å². The van der Waals surface area contributed by atoms with Crippen LogP contribution in [-0.4, -0.2) is 29.3 Å². The van der Waals surface area contributed by atoms with Crippen LogP contribution in [0.5, 0.6) is 0 Å². The molecule has 0 saturated heterocycles. The van der Waals surface area contributed by atoms with Crippen molar-refractivity contribution < 1.29 is 17.6 Å². The van der Waals surface area contributed by atoms with Crippen molar-refractivity contribution in [2.75, 3.05) is 13.6 Å². The third kappa shape index (κ3) is 4.97. The summed E-state index contributed by atoms with van der Waals surface area (Å²) < 4.78 is 53.6. The van der Waals surface area contributed by atoms with Gasteiger partial charge in [0.05, 0.1) is 12.1 Å². The molecule has 0 saturated carbocycles. The van der Waals surface area contributed by atoms with Crippen LogP contribution in [-0.2, 0) is 19.3 Å². The van der Waals surface area contributed by atoms with Gasteiger partial charge in [-0.2, -0.15) is 18.3 Å². The van der Waals surface area contributed by atoms with E-state index in [1.165, 1.54) is 7.05 Å². The second-order valence-corrected chi connectivity index (χ2v) is 4.92. The molecule has 0 fully saturated rings. The largest absolute Gasteiger partial charge is 0.416 e. The molecule has 2 aromatic rings. The summed E-state index contributed by atoms with van der Waals surface area (Å²) in [5.41, 5.74) is -1.05. The predicted octanol–water partition coefficient (Wildman–Crippen LogP) is 2.41. The lowest BCUT2D eigenvalue weighted by Gasteiger charge is -2.16. The van der Waals surface area contributed by atoms with E-state index >= 15 is 0 Å². The number of rotatable bonds is 5. The van der Waals surface area contributed by atoms with Crippen LogP contribution in [0.2, 0.25) is 0 Å². The van der Waals surface area contributed by atoms with Gasteiger partial charge in [-0.15, -0.1) is 0 Å². The number of hydrogen-bond donors (Lipinski definition) is 2. The second-order valence-electron chi connectivity index (χ2n) is 4.92. The van der Waals surface area contributed by atoms with Crippen molar-refractivity contribution in [2.45, 2.75) is 19.3 Å². The molecule has 2 N–H and O–H groups in total. The lowest BCUT2D eigenvalue weighted by atomic mass is 10.1. The Balaban J connectivity index is 1.93. The van der Waals surface area contributed by atoms with Gasteiger partial charge in [-0.3, -0.25) is 9.67 Å². The molecule has 9 heteroatoms. The first-order valence-electron chi connectivity index (χ1n) is 7.17. The molecule has 1 heterocycles. The Morgan fingerprint density at radius 1 is 1.29 bits per heavy atom. The van der Waals surface area contributed by atoms with Gasteiger partial charge in [0, 0.05) is 32.5 Å². The van der Waals surface area contributed by atoms with Gasteiger partial charge >= 0.3 is 6.18 Å². The van der Waals surface area contributed by atoms with Crippen molar-refractivity contribution in [3.63, 3.8) is 0 Å². The van der Waals surface area contributed by atoms with Crippen LogP contribution in [0, 0.1) is 5.82 Å². The number of guanidine groups is 1. The summed E-state index contributed by atoms with van der Waals surface area (Å²) in [6, 6.07) is 4.40. The van der Waals surface area contributed by atoms with Crippen molar-refractivity contribution in [3.8, 4) is 0 Å². The summed E-state index contributed by atoms with van der Waals surface area (Å²) in [5.74, 6) is -0.576. The third-order valence-electron chi connectivity index (χ3n) is 3.24.